The average molecular weight is 331 g/mol. The fraction of sp³-hybridized carbons (Fsp3) is 0.100. The van der Waals surface area contributed by atoms with Crippen molar-refractivity contribution in [2.24, 2.45) is 5.73 Å². The van der Waals surface area contributed by atoms with Crippen molar-refractivity contribution in [3.05, 3.63) is 28.2 Å². The topological polar surface area (TPSA) is 134 Å². The molecule has 0 spiro atoms. The van der Waals surface area contributed by atoms with Crippen LogP contribution in [0.1, 0.15) is 10.4 Å². The second-order valence-electron chi connectivity index (χ2n) is 3.39. The van der Waals surface area contributed by atoms with E-state index in [1.807, 2.05) is 10.9 Å². The Balaban J connectivity index is 2.65. The van der Waals surface area contributed by atoms with Crippen LogP contribution in [0.15, 0.2) is 22.7 Å². The molecule has 1 aromatic carbocycles. The smallest absolute Gasteiger partial charge is 0.337 e. The number of aromatic carboxylic acids is 1. The number of nitrogens with two attached hydrogens (primary N) is 1. The van der Waals surface area contributed by atoms with Crippen molar-refractivity contribution in [3.63, 3.8) is 0 Å². The van der Waals surface area contributed by atoms with Crippen LogP contribution in [0.3, 0.4) is 0 Å². The van der Waals surface area contributed by atoms with E-state index < -0.39 is 17.9 Å². The normalized spacial score (nSPS) is 9.53. The highest BCUT2D eigenvalue weighted by atomic mass is 79.9. The number of benzene rings is 1. The molecule has 19 heavy (non-hydrogen) atoms. The molecule has 6 N–H and O–H groups in total. The molecule has 102 valence electrons. The number of carboxylic acids is 1. The van der Waals surface area contributed by atoms with Crippen LogP contribution in [-0.4, -0.2) is 29.6 Å². The Kier molecular flexibility index (Phi) is 5.12. The predicted molar refractivity (Wildman–Crippen MR) is 70.5 cm³/mol. The number of hydrogen-bond donors (Lipinski definition) is 5. The Hall–Kier alpha value is -2.29. The molecule has 3 amide bonds. The number of carbonyl (C=O) groups excluding carboxylic acids is 2. The highest BCUT2D eigenvalue weighted by molar-refractivity contribution is 9.10. The molecule has 0 unspecified atom stereocenters. The van der Waals surface area contributed by atoms with Crippen LogP contribution < -0.4 is 21.9 Å². The zero-order valence-corrected chi connectivity index (χ0v) is 11.2. The van der Waals surface area contributed by atoms with Crippen LogP contribution in [0.4, 0.5) is 10.5 Å². The minimum Gasteiger partial charge on any atom is -0.478 e. The molecule has 0 aliphatic carbocycles. The highest BCUT2D eigenvalue weighted by Gasteiger charge is 2.11. The molecule has 0 saturated heterocycles. The van der Waals surface area contributed by atoms with E-state index in [1.165, 1.54) is 12.1 Å². The first-order valence-electron chi connectivity index (χ1n) is 5.01. The molecular weight excluding hydrogens is 320 g/mol. The van der Waals surface area contributed by atoms with Gasteiger partial charge in [0.25, 0.3) is 5.91 Å². The van der Waals surface area contributed by atoms with Crippen molar-refractivity contribution in [1.82, 2.24) is 10.9 Å². The van der Waals surface area contributed by atoms with Crippen LogP contribution >= 0.6 is 15.9 Å². The molecule has 0 heterocycles. The summed E-state index contributed by atoms with van der Waals surface area (Å²) < 4.78 is 0.607. The quantitative estimate of drug-likeness (QED) is 0.505. The van der Waals surface area contributed by atoms with E-state index in [0.29, 0.717) is 4.47 Å². The maximum atomic E-state index is 11.3. The Labute approximate surface area is 116 Å². The summed E-state index contributed by atoms with van der Waals surface area (Å²) in [5, 5.41) is 11.6. The van der Waals surface area contributed by atoms with Crippen molar-refractivity contribution in [1.29, 1.82) is 0 Å². The number of hydrogen-bond acceptors (Lipinski definition) is 4. The van der Waals surface area contributed by atoms with Crippen molar-refractivity contribution in [2.75, 3.05) is 11.9 Å². The second-order valence-corrected chi connectivity index (χ2v) is 4.30. The molecule has 1 aromatic rings. The lowest BCUT2D eigenvalue weighted by Crippen LogP contribution is -2.46. The van der Waals surface area contributed by atoms with Gasteiger partial charge in [-0.05, 0) is 18.2 Å². The first-order chi connectivity index (χ1) is 8.90. The van der Waals surface area contributed by atoms with Crippen LogP contribution in [0, 0.1) is 0 Å². The van der Waals surface area contributed by atoms with Gasteiger partial charge in [-0.2, -0.15) is 0 Å². The summed E-state index contributed by atoms with van der Waals surface area (Å²) in [7, 11) is 0. The first kappa shape index (κ1) is 14.8. The Morgan fingerprint density at radius 1 is 1.26 bits per heavy atom. The molecule has 0 radical (unpaired) electrons. The molecule has 0 atom stereocenters. The lowest BCUT2D eigenvalue weighted by atomic mass is 10.2. The molecule has 0 bridgehead atoms. The van der Waals surface area contributed by atoms with Crippen molar-refractivity contribution >= 4 is 39.5 Å². The van der Waals surface area contributed by atoms with Gasteiger partial charge in [0.15, 0.2) is 0 Å². The van der Waals surface area contributed by atoms with E-state index >= 15 is 0 Å². The summed E-state index contributed by atoms with van der Waals surface area (Å²) >= 11 is 3.15. The third-order valence-corrected chi connectivity index (χ3v) is 2.47. The summed E-state index contributed by atoms with van der Waals surface area (Å²) in [5.74, 6) is -1.70. The van der Waals surface area contributed by atoms with Crippen molar-refractivity contribution in [2.45, 2.75) is 0 Å². The SMILES string of the molecule is NC(=O)NNC(=O)CNc1ccc(Br)cc1C(=O)O. The van der Waals surface area contributed by atoms with Gasteiger partial charge in [0, 0.05) is 10.2 Å². The molecule has 1 rings (SSSR count). The maximum Gasteiger partial charge on any atom is 0.337 e. The number of amides is 3. The maximum absolute atomic E-state index is 11.3. The van der Waals surface area contributed by atoms with Crippen molar-refractivity contribution in [3.8, 4) is 0 Å². The Bertz CT molecular complexity index is 520. The van der Waals surface area contributed by atoms with E-state index in [2.05, 4.69) is 21.2 Å². The van der Waals surface area contributed by atoms with Gasteiger partial charge in [0.2, 0.25) is 0 Å². The molecule has 0 aliphatic rings. The fourth-order valence-electron chi connectivity index (χ4n) is 1.20. The van der Waals surface area contributed by atoms with E-state index in [9.17, 15) is 14.4 Å². The van der Waals surface area contributed by atoms with E-state index in [-0.39, 0.29) is 17.8 Å². The number of primary amides is 1. The van der Waals surface area contributed by atoms with Crippen LogP contribution in [0.25, 0.3) is 0 Å². The van der Waals surface area contributed by atoms with Gasteiger partial charge in [-0.15, -0.1) is 0 Å². The van der Waals surface area contributed by atoms with E-state index in [1.54, 1.807) is 6.07 Å². The molecule has 0 aliphatic heterocycles. The molecule has 0 fully saturated rings. The summed E-state index contributed by atoms with van der Waals surface area (Å²) in [6.45, 7) is -0.220. The zero-order chi connectivity index (χ0) is 14.4. The van der Waals surface area contributed by atoms with Gasteiger partial charge >= 0.3 is 12.0 Å². The van der Waals surface area contributed by atoms with Crippen LogP contribution in [0.2, 0.25) is 0 Å². The third kappa shape index (κ3) is 4.84. The van der Waals surface area contributed by atoms with Gasteiger partial charge < -0.3 is 16.2 Å². The van der Waals surface area contributed by atoms with E-state index in [4.69, 9.17) is 10.8 Å². The highest BCUT2D eigenvalue weighted by Crippen LogP contribution is 2.20. The van der Waals surface area contributed by atoms with Crippen LogP contribution in [0.5, 0.6) is 0 Å². The number of nitrogens with one attached hydrogen (secondary N) is 3. The summed E-state index contributed by atoms with van der Waals surface area (Å²) in [4.78, 5) is 32.6. The number of carboxylic acid groups (broad SMARTS) is 1. The fourth-order valence-corrected chi connectivity index (χ4v) is 1.56. The van der Waals surface area contributed by atoms with Crippen molar-refractivity contribution < 1.29 is 19.5 Å². The van der Waals surface area contributed by atoms with Gasteiger partial charge in [-0.3, -0.25) is 10.2 Å². The molecule has 9 heteroatoms. The number of urea groups is 1. The van der Waals surface area contributed by atoms with Gasteiger partial charge in [-0.1, -0.05) is 15.9 Å². The molecule has 8 nitrogen and oxygen atoms in total. The molecule has 0 aromatic heterocycles. The lowest BCUT2D eigenvalue weighted by Gasteiger charge is -2.10. The van der Waals surface area contributed by atoms with Gasteiger partial charge in [0.1, 0.15) is 0 Å². The monoisotopic (exact) mass is 330 g/mol. The van der Waals surface area contributed by atoms with Gasteiger partial charge in [0.05, 0.1) is 12.1 Å². The predicted octanol–water partition coefficient (Wildman–Crippen LogP) is 0.259. The summed E-state index contributed by atoms with van der Waals surface area (Å²) in [6, 6.07) is 3.66. The zero-order valence-electron chi connectivity index (χ0n) is 9.57. The largest absolute Gasteiger partial charge is 0.478 e. The number of halogens is 1. The number of carbonyl (C=O) groups is 3. The van der Waals surface area contributed by atoms with E-state index in [0.717, 1.165) is 0 Å². The summed E-state index contributed by atoms with van der Waals surface area (Å²) in [5.41, 5.74) is 8.99. The second kappa shape index (κ2) is 6.59. The number of rotatable bonds is 4. The minimum absolute atomic E-state index is 0.0186. The average Bonchev–Trinajstić information content (AvgIpc) is 2.34. The third-order valence-electron chi connectivity index (χ3n) is 1.98. The summed E-state index contributed by atoms with van der Waals surface area (Å²) in [6.07, 6.45) is 0. The minimum atomic E-state index is -1.13. The lowest BCUT2D eigenvalue weighted by molar-refractivity contribution is -0.120. The van der Waals surface area contributed by atoms with Crippen LogP contribution in [-0.2, 0) is 4.79 Å². The molecule has 0 saturated carbocycles. The number of anilines is 1. The number of hydrazine groups is 1. The van der Waals surface area contributed by atoms with Gasteiger partial charge in [-0.25, -0.2) is 15.0 Å². The first-order valence-corrected chi connectivity index (χ1v) is 5.80. The standard InChI is InChI=1S/C10H11BrN4O4/c11-5-1-2-7(6(3-5)9(17)18)13-4-8(16)14-15-10(12)19/h1-3,13H,4H2,(H,14,16)(H,17,18)(H3,12,15,19). The molecular formula is C10H11BrN4O4. The Morgan fingerprint density at radius 2 is 1.95 bits per heavy atom. The Morgan fingerprint density at radius 3 is 2.53 bits per heavy atom.